The molecule has 15 N–H and O–H groups in total. The first kappa shape index (κ1) is 40.8. The van der Waals surface area contributed by atoms with Crippen LogP contribution in [0.2, 0.25) is 0 Å². The Morgan fingerprint density at radius 3 is 1.35 bits per heavy atom. The normalized spacial score (nSPS) is 39.0. The summed E-state index contributed by atoms with van der Waals surface area (Å²) in [6.45, 7) is -2.51. The molecular weight excluding hydrogens is 748 g/mol. The Bertz CT molecular complexity index is 1630. The maximum Gasteiger partial charge on any atom is 0.229 e. The van der Waals surface area contributed by atoms with E-state index < -0.39 is 147 Å². The standard InChI is InChI=1S/C33H42O22/c34-6-17-21(40)24(43)27(46)31(53-17)50-14-1-9(2-15(20(14)39)51-32-28(47)25(44)22(41)18(7-35)54-32)30-16(5-11-12(38)3-10(37)4-13(11)49-30)52-33-29(48)26(45)23(42)19(8-36)55-33/h1-5,17-19,21-48H,6-8H2. The summed E-state index contributed by atoms with van der Waals surface area (Å²) in [6.07, 6.45) is -27.4. The number of benzene rings is 2. The van der Waals surface area contributed by atoms with E-state index in [1.165, 1.54) is 6.08 Å². The summed E-state index contributed by atoms with van der Waals surface area (Å²) in [5.41, 5.74) is -0.246. The average Bonchev–Trinajstić information content (AvgIpc) is 3.16. The minimum atomic E-state index is -2.00. The van der Waals surface area contributed by atoms with E-state index in [9.17, 15) is 76.6 Å². The summed E-state index contributed by atoms with van der Waals surface area (Å²) in [4.78, 5) is 0. The molecule has 55 heavy (non-hydrogen) atoms. The Morgan fingerprint density at radius 2 is 0.927 bits per heavy atom. The van der Waals surface area contributed by atoms with Crippen molar-refractivity contribution in [3.63, 3.8) is 0 Å². The van der Waals surface area contributed by atoms with E-state index >= 15 is 0 Å². The van der Waals surface area contributed by atoms with Gasteiger partial charge in [0.25, 0.3) is 0 Å². The first-order valence-electron chi connectivity index (χ1n) is 16.8. The lowest BCUT2D eigenvalue weighted by molar-refractivity contribution is -0.293. The molecule has 22 nitrogen and oxygen atoms in total. The Hall–Kier alpha value is -3.82. The molecule has 0 aromatic heterocycles. The van der Waals surface area contributed by atoms with Gasteiger partial charge < -0.3 is 110 Å². The summed E-state index contributed by atoms with van der Waals surface area (Å²) >= 11 is 0. The van der Waals surface area contributed by atoms with Gasteiger partial charge in [0.05, 0.1) is 25.4 Å². The Balaban J connectivity index is 1.45. The quantitative estimate of drug-likeness (QED) is 0.107. The van der Waals surface area contributed by atoms with Crippen molar-refractivity contribution in [2.24, 2.45) is 0 Å². The zero-order chi connectivity index (χ0) is 40.0. The lowest BCUT2D eigenvalue weighted by atomic mass is 9.98. The van der Waals surface area contributed by atoms with E-state index in [0.29, 0.717) is 0 Å². The molecule has 0 aliphatic carbocycles. The third-order valence-corrected chi connectivity index (χ3v) is 9.54. The highest BCUT2D eigenvalue weighted by molar-refractivity contribution is 5.70. The van der Waals surface area contributed by atoms with Crippen LogP contribution < -0.4 is 14.2 Å². The second-order valence-corrected chi connectivity index (χ2v) is 13.2. The second-order valence-electron chi connectivity index (χ2n) is 13.2. The predicted octanol–water partition coefficient (Wildman–Crippen LogP) is -5.55. The monoisotopic (exact) mass is 790 g/mol. The van der Waals surface area contributed by atoms with Gasteiger partial charge >= 0.3 is 0 Å². The van der Waals surface area contributed by atoms with Crippen LogP contribution in [-0.2, 0) is 18.9 Å². The topological polar surface area (TPSA) is 368 Å². The largest absolute Gasteiger partial charge is 0.508 e. The molecule has 0 saturated carbocycles. The fraction of sp³-hybridized carbons (Fsp3) is 0.576. The van der Waals surface area contributed by atoms with E-state index in [1.54, 1.807) is 0 Å². The van der Waals surface area contributed by atoms with Gasteiger partial charge in [-0.05, 0) is 18.2 Å². The van der Waals surface area contributed by atoms with Gasteiger partial charge in [0.15, 0.2) is 17.6 Å². The number of aliphatic hydroxyl groups excluding tert-OH is 12. The highest BCUT2D eigenvalue weighted by atomic mass is 16.7. The lowest BCUT2D eigenvalue weighted by Crippen LogP contribution is -2.60. The maximum atomic E-state index is 11.4. The Kier molecular flexibility index (Phi) is 12.1. The molecule has 16 atom stereocenters. The minimum absolute atomic E-state index is 0.0806. The van der Waals surface area contributed by atoms with Crippen molar-refractivity contribution in [3.05, 3.63) is 41.2 Å². The number of aliphatic hydroxyl groups is 12. The third kappa shape index (κ3) is 7.80. The van der Waals surface area contributed by atoms with Crippen LogP contribution in [0.15, 0.2) is 30.0 Å². The molecule has 0 bridgehead atoms. The van der Waals surface area contributed by atoms with Crippen LogP contribution in [0.4, 0.5) is 0 Å². The lowest BCUT2D eigenvalue weighted by Gasteiger charge is -2.41. The first-order chi connectivity index (χ1) is 26.1. The number of phenolic OH excluding ortho intramolecular Hbond substituents is 3. The number of rotatable bonds is 10. The fourth-order valence-corrected chi connectivity index (χ4v) is 6.38. The number of fused-ring (bicyclic) bond motifs is 1. The van der Waals surface area contributed by atoms with E-state index in [-0.39, 0.29) is 22.6 Å². The highest BCUT2D eigenvalue weighted by Crippen LogP contribution is 2.48. The van der Waals surface area contributed by atoms with Gasteiger partial charge in [-0.25, -0.2) is 0 Å². The number of hydrogen-bond donors (Lipinski definition) is 15. The summed E-state index contributed by atoms with van der Waals surface area (Å²) in [6, 6.07) is 4.14. The van der Waals surface area contributed by atoms with E-state index in [2.05, 4.69) is 0 Å². The van der Waals surface area contributed by atoms with Crippen molar-refractivity contribution >= 4 is 6.08 Å². The molecule has 4 aliphatic rings. The number of ether oxygens (including phenoxy) is 7. The molecule has 22 heteroatoms. The Labute approximate surface area is 309 Å². The smallest absolute Gasteiger partial charge is 0.229 e. The first-order valence-corrected chi connectivity index (χ1v) is 16.8. The molecule has 2 aromatic rings. The zero-order valence-electron chi connectivity index (χ0n) is 28.3. The van der Waals surface area contributed by atoms with E-state index in [1.807, 2.05) is 0 Å². The molecule has 4 aliphatic heterocycles. The number of hydrogen-bond acceptors (Lipinski definition) is 22. The van der Waals surface area contributed by atoms with Gasteiger partial charge in [0, 0.05) is 17.7 Å². The molecule has 306 valence electrons. The van der Waals surface area contributed by atoms with Crippen LogP contribution in [0.25, 0.3) is 6.08 Å². The molecule has 3 saturated heterocycles. The summed E-state index contributed by atoms with van der Waals surface area (Å²) in [5, 5.41) is 155. The minimum Gasteiger partial charge on any atom is -0.508 e. The van der Waals surface area contributed by atoms with Crippen LogP contribution in [0.3, 0.4) is 0 Å². The van der Waals surface area contributed by atoms with Crippen LogP contribution in [0.1, 0.15) is 17.2 Å². The SMILES string of the molecule is OCC1OC(OC2=Cc3c(O)cc(O)cc3OC2c2cc(OC3OC(CO)C(O)C(O)C3O)c(O)c(OC3OC(CO)C(O)C(O)C3O)c2)C(O)C(O)C1O. The van der Waals surface area contributed by atoms with Crippen molar-refractivity contribution in [1.29, 1.82) is 0 Å². The third-order valence-electron chi connectivity index (χ3n) is 9.54. The van der Waals surface area contributed by atoms with Crippen LogP contribution in [0, 0.1) is 0 Å². The summed E-state index contributed by atoms with van der Waals surface area (Å²) in [7, 11) is 0. The fourth-order valence-electron chi connectivity index (χ4n) is 6.38. The van der Waals surface area contributed by atoms with Crippen molar-refractivity contribution < 1.29 is 110 Å². The average molecular weight is 791 g/mol. The van der Waals surface area contributed by atoms with Gasteiger partial charge in [-0.1, -0.05) is 0 Å². The van der Waals surface area contributed by atoms with Crippen LogP contribution in [-0.4, -0.2) is 189 Å². The molecule has 0 radical (unpaired) electrons. The molecule has 0 spiro atoms. The van der Waals surface area contributed by atoms with Gasteiger partial charge in [-0.15, -0.1) is 0 Å². The number of aromatic hydroxyl groups is 3. The molecule has 2 aromatic carbocycles. The van der Waals surface area contributed by atoms with Crippen molar-refractivity contribution in [1.82, 2.24) is 0 Å². The van der Waals surface area contributed by atoms with Gasteiger partial charge in [0.2, 0.25) is 24.6 Å². The second kappa shape index (κ2) is 16.3. The van der Waals surface area contributed by atoms with Crippen LogP contribution >= 0.6 is 0 Å². The van der Waals surface area contributed by atoms with Crippen molar-refractivity contribution in [3.8, 4) is 34.5 Å². The van der Waals surface area contributed by atoms with E-state index in [0.717, 1.165) is 24.3 Å². The predicted molar refractivity (Wildman–Crippen MR) is 173 cm³/mol. The summed E-state index contributed by atoms with van der Waals surface area (Å²) < 4.78 is 39.8. The van der Waals surface area contributed by atoms with Gasteiger partial charge in [-0.2, -0.15) is 0 Å². The Morgan fingerprint density at radius 1 is 0.509 bits per heavy atom. The van der Waals surface area contributed by atoms with Gasteiger partial charge in [-0.3, -0.25) is 0 Å². The summed E-state index contributed by atoms with van der Waals surface area (Å²) in [5.74, 6) is -3.73. The van der Waals surface area contributed by atoms with E-state index in [4.69, 9.17) is 33.2 Å². The maximum absolute atomic E-state index is 11.4. The molecule has 6 rings (SSSR count). The highest BCUT2D eigenvalue weighted by Gasteiger charge is 2.48. The molecule has 0 amide bonds. The van der Waals surface area contributed by atoms with Crippen molar-refractivity contribution in [2.75, 3.05) is 19.8 Å². The number of phenols is 3. The van der Waals surface area contributed by atoms with Crippen LogP contribution in [0.5, 0.6) is 34.5 Å². The zero-order valence-corrected chi connectivity index (χ0v) is 28.3. The molecule has 3 fully saturated rings. The van der Waals surface area contributed by atoms with Crippen molar-refractivity contribution in [2.45, 2.75) is 98.2 Å². The molecular formula is C33H42O22. The molecule has 16 unspecified atom stereocenters. The van der Waals surface area contributed by atoms with Gasteiger partial charge in [0.1, 0.15) is 96.3 Å². The molecule has 4 heterocycles.